The number of carbonyl (C=O) groups excluding carboxylic acids is 2. The lowest BCUT2D eigenvalue weighted by Crippen LogP contribution is -2.60. The molecule has 2 amide bonds. The SMILES string of the molecule is CCn1c(=O)oc2cc(NC(=O)CN3CCN(c4ccc(OC)cc4)C[C@H]3C(=O)N(C)C)ccc21. The number of oxazole rings is 1. The molecule has 1 aliphatic heterocycles. The zero-order valence-corrected chi connectivity index (χ0v) is 20.5. The number of hydrogen-bond acceptors (Lipinski definition) is 7. The summed E-state index contributed by atoms with van der Waals surface area (Å²) in [5.41, 5.74) is 2.64. The summed E-state index contributed by atoms with van der Waals surface area (Å²) in [6.45, 7) is 4.14. The maximum absolute atomic E-state index is 13.0. The molecular formula is C25H31N5O5. The highest BCUT2D eigenvalue weighted by Gasteiger charge is 2.34. The summed E-state index contributed by atoms with van der Waals surface area (Å²) in [6.07, 6.45) is 0. The molecule has 10 heteroatoms. The number of rotatable bonds is 7. The first-order chi connectivity index (χ1) is 16.8. The fourth-order valence-electron chi connectivity index (χ4n) is 4.40. The molecular weight excluding hydrogens is 450 g/mol. The van der Waals surface area contributed by atoms with Gasteiger partial charge in [-0.25, -0.2) is 4.79 Å². The van der Waals surface area contributed by atoms with E-state index in [1.807, 2.05) is 36.1 Å². The molecule has 0 spiro atoms. The van der Waals surface area contributed by atoms with E-state index in [4.69, 9.17) is 9.15 Å². The Bertz CT molecular complexity index is 1260. The van der Waals surface area contributed by atoms with Crippen molar-refractivity contribution >= 4 is 34.3 Å². The van der Waals surface area contributed by atoms with Crippen LogP contribution in [0.2, 0.25) is 0 Å². The van der Waals surface area contributed by atoms with Gasteiger partial charge in [0, 0.05) is 57.7 Å². The summed E-state index contributed by atoms with van der Waals surface area (Å²) in [6, 6.07) is 12.4. The Hall–Kier alpha value is -3.79. The molecule has 2 heterocycles. The van der Waals surface area contributed by atoms with E-state index in [1.165, 1.54) is 4.57 Å². The first-order valence-corrected chi connectivity index (χ1v) is 11.6. The lowest BCUT2D eigenvalue weighted by Gasteiger charge is -2.42. The number of aryl methyl sites for hydroxylation is 1. The normalized spacial score (nSPS) is 16.3. The molecule has 10 nitrogen and oxygen atoms in total. The number of ether oxygens (including phenoxy) is 1. The molecule has 0 aliphatic carbocycles. The third-order valence-corrected chi connectivity index (χ3v) is 6.27. The highest BCUT2D eigenvalue weighted by molar-refractivity contribution is 5.94. The van der Waals surface area contributed by atoms with E-state index in [-0.39, 0.29) is 18.4 Å². The summed E-state index contributed by atoms with van der Waals surface area (Å²) in [5.74, 6) is 0.0515. The van der Waals surface area contributed by atoms with Crippen molar-refractivity contribution in [2.24, 2.45) is 0 Å². The van der Waals surface area contributed by atoms with E-state index < -0.39 is 11.8 Å². The predicted molar refractivity (Wildman–Crippen MR) is 134 cm³/mol. The van der Waals surface area contributed by atoms with Crippen molar-refractivity contribution in [1.82, 2.24) is 14.4 Å². The molecule has 0 radical (unpaired) electrons. The van der Waals surface area contributed by atoms with Crippen LogP contribution in [0, 0.1) is 0 Å². The predicted octanol–water partition coefficient (Wildman–Crippen LogP) is 1.84. The van der Waals surface area contributed by atoms with Gasteiger partial charge in [0.25, 0.3) is 0 Å². The number of likely N-dealkylation sites (N-methyl/N-ethyl adjacent to an activating group) is 1. The fourth-order valence-corrected chi connectivity index (χ4v) is 4.40. The molecule has 2 aromatic carbocycles. The van der Waals surface area contributed by atoms with Crippen LogP contribution in [0.3, 0.4) is 0 Å². The van der Waals surface area contributed by atoms with Crippen LogP contribution in [0.25, 0.3) is 11.1 Å². The quantitative estimate of drug-likeness (QED) is 0.550. The van der Waals surface area contributed by atoms with Crippen LogP contribution in [0.4, 0.5) is 11.4 Å². The number of benzene rings is 2. The van der Waals surface area contributed by atoms with Crippen molar-refractivity contribution in [3.8, 4) is 5.75 Å². The summed E-state index contributed by atoms with van der Waals surface area (Å²) in [4.78, 5) is 43.4. The van der Waals surface area contributed by atoms with Gasteiger partial charge in [0.1, 0.15) is 11.8 Å². The molecule has 4 rings (SSSR count). The van der Waals surface area contributed by atoms with Gasteiger partial charge in [-0.15, -0.1) is 0 Å². The minimum Gasteiger partial charge on any atom is -0.497 e. The van der Waals surface area contributed by atoms with Crippen molar-refractivity contribution in [1.29, 1.82) is 0 Å². The van der Waals surface area contributed by atoms with Crippen LogP contribution in [-0.2, 0) is 16.1 Å². The Labute approximate surface area is 203 Å². The van der Waals surface area contributed by atoms with Gasteiger partial charge in [0.15, 0.2) is 5.58 Å². The lowest BCUT2D eigenvalue weighted by atomic mass is 10.1. The van der Waals surface area contributed by atoms with E-state index in [0.717, 1.165) is 11.4 Å². The topological polar surface area (TPSA) is 100 Å². The second-order valence-electron chi connectivity index (χ2n) is 8.71. The van der Waals surface area contributed by atoms with Gasteiger partial charge < -0.3 is 24.3 Å². The van der Waals surface area contributed by atoms with E-state index in [1.54, 1.807) is 44.3 Å². The van der Waals surface area contributed by atoms with Crippen LogP contribution in [-0.4, -0.2) is 79.6 Å². The molecule has 1 aliphatic rings. The zero-order chi connectivity index (χ0) is 25.1. The second-order valence-corrected chi connectivity index (χ2v) is 8.71. The molecule has 35 heavy (non-hydrogen) atoms. The van der Waals surface area contributed by atoms with Gasteiger partial charge in [-0.05, 0) is 43.3 Å². The summed E-state index contributed by atoms with van der Waals surface area (Å²) < 4.78 is 12.1. The largest absolute Gasteiger partial charge is 0.497 e. The van der Waals surface area contributed by atoms with Gasteiger partial charge >= 0.3 is 5.76 Å². The highest BCUT2D eigenvalue weighted by Crippen LogP contribution is 2.23. The van der Waals surface area contributed by atoms with Crippen LogP contribution >= 0.6 is 0 Å². The van der Waals surface area contributed by atoms with E-state index in [0.29, 0.717) is 43.0 Å². The molecule has 186 valence electrons. The molecule has 0 bridgehead atoms. The fraction of sp³-hybridized carbons (Fsp3) is 0.400. The molecule has 0 unspecified atom stereocenters. The third-order valence-electron chi connectivity index (χ3n) is 6.27. The van der Waals surface area contributed by atoms with Gasteiger partial charge in [-0.1, -0.05) is 0 Å². The Kier molecular flexibility index (Phi) is 7.11. The number of nitrogens with one attached hydrogen (secondary N) is 1. The van der Waals surface area contributed by atoms with Gasteiger partial charge in [0.2, 0.25) is 11.8 Å². The van der Waals surface area contributed by atoms with E-state index >= 15 is 0 Å². The minimum atomic E-state index is -0.467. The number of carbonyl (C=O) groups is 2. The maximum atomic E-state index is 13.0. The summed E-state index contributed by atoms with van der Waals surface area (Å²) in [5, 5.41) is 2.87. The van der Waals surface area contributed by atoms with Crippen molar-refractivity contribution in [3.05, 3.63) is 53.0 Å². The summed E-state index contributed by atoms with van der Waals surface area (Å²) in [7, 11) is 5.07. The third kappa shape index (κ3) is 5.17. The van der Waals surface area contributed by atoms with Gasteiger partial charge in [-0.3, -0.25) is 19.1 Å². The molecule has 1 aromatic heterocycles. The smallest absolute Gasteiger partial charge is 0.419 e. The lowest BCUT2D eigenvalue weighted by molar-refractivity contribution is -0.135. The van der Waals surface area contributed by atoms with Crippen LogP contribution in [0.15, 0.2) is 51.7 Å². The first-order valence-electron chi connectivity index (χ1n) is 11.6. The van der Waals surface area contributed by atoms with Crippen LogP contribution < -0.4 is 20.7 Å². The van der Waals surface area contributed by atoms with E-state index in [9.17, 15) is 14.4 Å². The Morgan fingerprint density at radius 3 is 2.54 bits per heavy atom. The average molecular weight is 482 g/mol. The molecule has 1 atom stereocenters. The van der Waals surface area contributed by atoms with Gasteiger partial charge in [-0.2, -0.15) is 0 Å². The molecule has 1 N–H and O–H groups in total. The maximum Gasteiger partial charge on any atom is 0.419 e. The Morgan fingerprint density at radius 1 is 1.14 bits per heavy atom. The molecule has 0 saturated carbocycles. The minimum absolute atomic E-state index is 0.0555. The number of anilines is 2. The van der Waals surface area contributed by atoms with Crippen molar-refractivity contribution in [3.63, 3.8) is 0 Å². The number of aromatic nitrogens is 1. The number of hydrogen-bond donors (Lipinski definition) is 1. The molecule has 1 fully saturated rings. The number of methoxy groups -OCH3 is 1. The zero-order valence-electron chi connectivity index (χ0n) is 20.5. The average Bonchev–Trinajstić information content (AvgIpc) is 3.17. The standard InChI is InChI=1S/C25H31N5O5/c1-5-30-20-11-6-17(14-22(20)35-25(30)33)26-23(31)16-29-13-12-28(15-21(29)24(32)27(2)3)18-7-9-19(34-4)10-8-18/h6-11,14,21H,5,12-13,15-16H2,1-4H3,(H,26,31)/t21-/m0/s1. The van der Waals surface area contributed by atoms with Crippen molar-refractivity contribution in [2.45, 2.75) is 19.5 Å². The second kappa shape index (κ2) is 10.2. The summed E-state index contributed by atoms with van der Waals surface area (Å²) >= 11 is 0. The van der Waals surface area contributed by atoms with Crippen LogP contribution in [0.1, 0.15) is 6.92 Å². The van der Waals surface area contributed by atoms with Crippen molar-refractivity contribution in [2.75, 3.05) is 57.6 Å². The number of nitrogens with zero attached hydrogens (tertiary/aromatic N) is 4. The number of amides is 2. The van der Waals surface area contributed by atoms with Gasteiger partial charge in [0.05, 0.1) is 19.2 Å². The number of piperazine rings is 1. The molecule has 3 aromatic rings. The first kappa shape index (κ1) is 24.3. The Balaban J connectivity index is 1.46. The van der Waals surface area contributed by atoms with Crippen molar-refractivity contribution < 1.29 is 18.7 Å². The highest BCUT2D eigenvalue weighted by atomic mass is 16.5. The monoisotopic (exact) mass is 481 g/mol. The molecule has 1 saturated heterocycles. The van der Waals surface area contributed by atoms with E-state index in [2.05, 4.69) is 10.2 Å². The number of fused-ring (bicyclic) bond motifs is 1. The van der Waals surface area contributed by atoms with Crippen LogP contribution in [0.5, 0.6) is 5.75 Å². The Morgan fingerprint density at radius 2 is 1.89 bits per heavy atom.